The highest BCUT2D eigenvalue weighted by atomic mass is 127. The summed E-state index contributed by atoms with van der Waals surface area (Å²) in [6.45, 7) is -0.148. The maximum Gasteiger partial charge on any atom is 0.329 e. The number of rotatable bonds is 7. The van der Waals surface area contributed by atoms with Gasteiger partial charge in [-0.3, -0.25) is 9.59 Å². The number of para-hydroxylation sites is 1. The van der Waals surface area contributed by atoms with Crippen LogP contribution < -0.4 is 15.4 Å². The summed E-state index contributed by atoms with van der Waals surface area (Å²) in [6, 6.07) is 24.5. The second kappa shape index (κ2) is 11.0. The zero-order valence-electron chi connectivity index (χ0n) is 19.9. The van der Waals surface area contributed by atoms with E-state index in [-0.39, 0.29) is 11.4 Å². The fraction of sp³-hybridized carbons (Fsp3) is 0.0690. The van der Waals surface area contributed by atoms with Gasteiger partial charge >= 0.3 is 6.03 Å². The first-order valence-electron chi connectivity index (χ1n) is 11.7. The quantitative estimate of drug-likeness (QED) is 0.158. The van der Waals surface area contributed by atoms with Crippen molar-refractivity contribution in [2.45, 2.75) is 6.61 Å². The van der Waals surface area contributed by atoms with Crippen molar-refractivity contribution in [3.8, 4) is 5.75 Å². The Kier molecular flexibility index (Phi) is 7.36. The van der Waals surface area contributed by atoms with E-state index in [1.807, 2.05) is 30.3 Å². The molecule has 0 aliphatic carbocycles. The van der Waals surface area contributed by atoms with Crippen LogP contribution >= 0.6 is 22.6 Å². The molecule has 1 fully saturated rings. The van der Waals surface area contributed by atoms with Gasteiger partial charge in [0, 0.05) is 0 Å². The number of imide groups is 1. The third-order valence-electron chi connectivity index (χ3n) is 5.94. The molecule has 0 aromatic heterocycles. The largest absolute Gasteiger partial charge is 0.488 e. The first kappa shape index (κ1) is 25.4. The molecular formula is C29H21FIN3O4. The monoisotopic (exact) mass is 621 g/mol. The molecule has 0 spiro atoms. The Hall–Kier alpha value is -4.25. The topological polar surface area (TPSA) is 87.7 Å². The second-order valence-electron chi connectivity index (χ2n) is 8.52. The van der Waals surface area contributed by atoms with Crippen LogP contribution in [0.25, 0.3) is 16.8 Å². The zero-order valence-corrected chi connectivity index (χ0v) is 22.1. The molecule has 9 heteroatoms. The standard InChI is InChI=1S/C29H21FIN3O4/c30-22-10-3-4-11-24(22)32-27(35)16-34-28(36)25(33-29(34)37)15-18-12-13-26(23(31)14-18)38-17-20-8-5-7-19-6-1-2-9-21(19)20/h1-15H,16-17H2,(H,32,35)(H,33,37)/b25-15+. The zero-order chi connectivity index (χ0) is 26.6. The van der Waals surface area contributed by atoms with Crippen molar-refractivity contribution in [3.63, 3.8) is 0 Å². The van der Waals surface area contributed by atoms with Crippen molar-refractivity contribution < 1.29 is 23.5 Å². The van der Waals surface area contributed by atoms with Gasteiger partial charge in [-0.2, -0.15) is 0 Å². The van der Waals surface area contributed by atoms with Crippen molar-refractivity contribution in [2.24, 2.45) is 0 Å². The Bertz CT molecular complexity index is 1600. The molecule has 1 heterocycles. The average Bonchev–Trinajstić information content (AvgIpc) is 3.16. The number of amides is 4. The minimum Gasteiger partial charge on any atom is -0.488 e. The molecule has 5 rings (SSSR count). The van der Waals surface area contributed by atoms with Gasteiger partial charge in [-0.15, -0.1) is 0 Å². The minimum absolute atomic E-state index is 0.0299. The molecule has 0 saturated carbocycles. The van der Waals surface area contributed by atoms with E-state index in [1.54, 1.807) is 18.2 Å². The highest BCUT2D eigenvalue weighted by molar-refractivity contribution is 14.1. The molecule has 4 aromatic carbocycles. The van der Waals surface area contributed by atoms with Gasteiger partial charge in [0.05, 0.1) is 9.26 Å². The molecule has 0 radical (unpaired) electrons. The SMILES string of the molecule is O=C(CN1C(=O)N/C(=C/c2ccc(OCc3cccc4ccccc34)c(I)c2)C1=O)Nc1ccccc1F. The van der Waals surface area contributed by atoms with E-state index in [9.17, 15) is 18.8 Å². The number of benzene rings is 4. The van der Waals surface area contributed by atoms with Crippen LogP contribution in [-0.2, 0) is 16.2 Å². The molecule has 190 valence electrons. The van der Waals surface area contributed by atoms with Crippen molar-refractivity contribution >= 4 is 63.0 Å². The van der Waals surface area contributed by atoms with Gasteiger partial charge in [-0.05, 0) is 74.8 Å². The van der Waals surface area contributed by atoms with Crippen LogP contribution in [-0.4, -0.2) is 29.3 Å². The molecule has 7 nitrogen and oxygen atoms in total. The Balaban J connectivity index is 1.25. The van der Waals surface area contributed by atoms with E-state index >= 15 is 0 Å². The molecule has 2 N–H and O–H groups in total. The number of halogens is 2. The normalized spacial score (nSPS) is 14.2. The van der Waals surface area contributed by atoms with Crippen molar-refractivity contribution in [1.29, 1.82) is 0 Å². The molecule has 1 aliphatic heterocycles. The van der Waals surface area contributed by atoms with Crippen LogP contribution in [0.4, 0.5) is 14.9 Å². The van der Waals surface area contributed by atoms with Gasteiger partial charge in [0.2, 0.25) is 5.91 Å². The predicted molar refractivity (Wildman–Crippen MR) is 151 cm³/mol. The maximum atomic E-state index is 13.8. The van der Waals surface area contributed by atoms with Crippen LogP contribution in [0.15, 0.2) is 90.6 Å². The fourth-order valence-electron chi connectivity index (χ4n) is 4.08. The Morgan fingerprint density at radius 3 is 2.58 bits per heavy atom. The minimum atomic E-state index is -0.727. The van der Waals surface area contributed by atoms with Crippen LogP contribution in [0, 0.1) is 9.39 Å². The maximum absolute atomic E-state index is 13.8. The predicted octanol–water partition coefficient (Wildman–Crippen LogP) is 5.69. The fourth-order valence-corrected chi connectivity index (χ4v) is 4.77. The van der Waals surface area contributed by atoms with Crippen molar-refractivity contribution in [3.05, 3.63) is 111 Å². The molecule has 1 aliphatic rings. The lowest BCUT2D eigenvalue weighted by Crippen LogP contribution is -2.38. The number of urea groups is 1. The molecule has 1 saturated heterocycles. The molecule has 0 atom stereocenters. The summed E-state index contributed by atoms with van der Waals surface area (Å²) >= 11 is 2.16. The van der Waals surface area contributed by atoms with Gasteiger partial charge in [-0.1, -0.05) is 60.7 Å². The number of fused-ring (bicyclic) bond motifs is 1. The van der Waals surface area contributed by atoms with Crippen LogP contribution in [0.5, 0.6) is 5.75 Å². The lowest BCUT2D eigenvalue weighted by atomic mass is 10.1. The Morgan fingerprint density at radius 1 is 1.00 bits per heavy atom. The number of carbonyl (C=O) groups excluding carboxylic acids is 3. The number of nitrogens with one attached hydrogen (secondary N) is 2. The van der Waals surface area contributed by atoms with E-state index < -0.39 is 30.2 Å². The van der Waals surface area contributed by atoms with Crippen LogP contribution in [0.2, 0.25) is 0 Å². The van der Waals surface area contributed by atoms with E-state index in [0.29, 0.717) is 17.9 Å². The average molecular weight is 621 g/mol. The number of hydrogen-bond acceptors (Lipinski definition) is 4. The smallest absolute Gasteiger partial charge is 0.329 e. The number of ether oxygens (including phenoxy) is 1. The highest BCUT2D eigenvalue weighted by Gasteiger charge is 2.35. The summed E-state index contributed by atoms with van der Waals surface area (Å²) in [5, 5.41) is 7.14. The van der Waals surface area contributed by atoms with Gasteiger partial charge in [0.25, 0.3) is 5.91 Å². The van der Waals surface area contributed by atoms with E-state index in [0.717, 1.165) is 24.8 Å². The summed E-state index contributed by atoms with van der Waals surface area (Å²) in [4.78, 5) is 38.2. The van der Waals surface area contributed by atoms with Crippen molar-refractivity contribution in [1.82, 2.24) is 10.2 Å². The van der Waals surface area contributed by atoms with Gasteiger partial charge in [-0.25, -0.2) is 14.1 Å². The third kappa shape index (κ3) is 5.52. The Labute approximate surface area is 231 Å². The number of anilines is 1. The van der Waals surface area contributed by atoms with Crippen LogP contribution in [0.1, 0.15) is 11.1 Å². The first-order valence-corrected chi connectivity index (χ1v) is 12.7. The number of hydrogen-bond donors (Lipinski definition) is 2. The molecule has 0 bridgehead atoms. The molecule has 4 aromatic rings. The molecule has 4 amide bonds. The van der Waals surface area contributed by atoms with E-state index in [4.69, 9.17) is 4.74 Å². The molecule has 38 heavy (non-hydrogen) atoms. The van der Waals surface area contributed by atoms with Crippen LogP contribution in [0.3, 0.4) is 0 Å². The molecule has 0 unspecified atom stereocenters. The lowest BCUT2D eigenvalue weighted by molar-refractivity contribution is -0.127. The lowest BCUT2D eigenvalue weighted by Gasteiger charge is -2.12. The highest BCUT2D eigenvalue weighted by Crippen LogP contribution is 2.26. The number of nitrogens with zero attached hydrogens (tertiary/aromatic N) is 1. The summed E-state index contributed by atoms with van der Waals surface area (Å²) in [5.41, 5.74) is 1.75. The number of carbonyl (C=O) groups is 3. The summed E-state index contributed by atoms with van der Waals surface area (Å²) in [6.07, 6.45) is 1.53. The van der Waals surface area contributed by atoms with Crippen molar-refractivity contribution in [2.75, 3.05) is 11.9 Å². The first-order chi connectivity index (χ1) is 18.4. The van der Waals surface area contributed by atoms with Gasteiger partial charge in [0.1, 0.15) is 30.4 Å². The Morgan fingerprint density at radius 2 is 1.76 bits per heavy atom. The van der Waals surface area contributed by atoms with E-state index in [1.165, 1.54) is 24.3 Å². The molecular weight excluding hydrogens is 600 g/mol. The summed E-state index contributed by atoms with van der Waals surface area (Å²) in [7, 11) is 0. The summed E-state index contributed by atoms with van der Waals surface area (Å²) in [5.74, 6) is -1.27. The van der Waals surface area contributed by atoms with E-state index in [2.05, 4.69) is 51.4 Å². The van der Waals surface area contributed by atoms with Gasteiger partial charge in [0.15, 0.2) is 0 Å². The van der Waals surface area contributed by atoms with Gasteiger partial charge < -0.3 is 15.4 Å². The summed E-state index contributed by atoms with van der Waals surface area (Å²) < 4.78 is 20.7. The second-order valence-corrected chi connectivity index (χ2v) is 9.69. The third-order valence-corrected chi connectivity index (χ3v) is 6.79.